The topological polar surface area (TPSA) is 57.3 Å². The van der Waals surface area contributed by atoms with E-state index in [4.69, 9.17) is 28.2 Å². The van der Waals surface area contributed by atoms with Crippen molar-refractivity contribution in [2.24, 2.45) is 0 Å². The van der Waals surface area contributed by atoms with Crippen LogP contribution < -0.4 is 15.5 Å². The molecule has 2 N–H and O–H groups in total. The van der Waals surface area contributed by atoms with Gasteiger partial charge in [0.05, 0.1) is 10.0 Å². The van der Waals surface area contributed by atoms with Gasteiger partial charge < -0.3 is 15.5 Å². The van der Waals surface area contributed by atoms with Gasteiger partial charge in [-0.15, -0.1) is 0 Å². The second-order valence-corrected chi connectivity index (χ2v) is 7.23. The third kappa shape index (κ3) is 4.80. The predicted molar refractivity (Wildman–Crippen MR) is 106 cm³/mol. The Morgan fingerprint density at radius 2 is 2.04 bits per heavy atom. The van der Waals surface area contributed by atoms with Crippen LogP contribution in [0, 0.1) is 0 Å². The van der Waals surface area contributed by atoms with Crippen LogP contribution in [0.15, 0.2) is 30.3 Å². The highest BCUT2D eigenvalue weighted by molar-refractivity contribution is 6.42. The summed E-state index contributed by atoms with van der Waals surface area (Å²) in [6.07, 6.45) is 2.95. The molecule has 0 bridgehead atoms. The number of rotatable bonds is 5. The van der Waals surface area contributed by atoms with E-state index in [-0.39, 0.29) is 6.03 Å². The highest BCUT2D eigenvalue weighted by Gasteiger charge is 2.15. The second kappa shape index (κ2) is 8.60. The van der Waals surface area contributed by atoms with E-state index < -0.39 is 0 Å². The van der Waals surface area contributed by atoms with Gasteiger partial charge in [0.2, 0.25) is 0 Å². The molecule has 5 nitrogen and oxygen atoms in total. The first-order chi connectivity index (χ1) is 12.5. The number of fused-ring (bicyclic) bond motifs is 1. The van der Waals surface area contributed by atoms with Gasteiger partial charge in [-0.1, -0.05) is 35.3 Å². The van der Waals surface area contributed by atoms with Crippen molar-refractivity contribution in [3.8, 4) is 0 Å². The monoisotopic (exact) mass is 392 g/mol. The van der Waals surface area contributed by atoms with E-state index in [9.17, 15) is 4.79 Å². The van der Waals surface area contributed by atoms with Crippen LogP contribution in [0.3, 0.4) is 0 Å². The van der Waals surface area contributed by atoms with E-state index in [0.717, 1.165) is 30.0 Å². The Labute approximate surface area is 163 Å². The van der Waals surface area contributed by atoms with Crippen LogP contribution in [0.4, 0.5) is 10.6 Å². The average Bonchev–Trinajstić information content (AvgIpc) is 2.63. The molecule has 0 unspecified atom stereocenters. The number of anilines is 1. The number of benzene rings is 1. The molecule has 7 heteroatoms. The quantitative estimate of drug-likeness (QED) is 0.812. The smallest absolute Gasteiger partial charge is 0.315 e. The van der Waals surface area contributed by atoms with E-state index in [0.29, 0.717) is 29.6 Å². The maximum absolute atomic E-state index is 11.9. The molecule has 0 radical (unpaired) electrons. The molecule has 1 aliphatic rings. The summed E-state index contributed by atoms with van der Waals surface area (Å²) >= 11 is 11.9. The Bertz CT molecular complexity index is 797. The molecular weight excluding hydrogens is 371 g/mol. The fourth-order valence-corrected chi connectivity index (χ4v) is 3.31. The van der Waals surface area contributed by atoms with E-state index >= 15 is 0 Å². The molecule has 3 rings (SSSR count). The summed E-state index contributed by atoms with van der Waals surface area (Å²) < 4.78 is 0. The van der Waals surface area contributed by atoms with Crippen molar-refractivity contribution in [3.63, 3.8) is 0 Å². The van der Waals surface area contributed by atoms with Crippen LogP contribution in [-0.4, -0.2) is 31.2 Å². The number of pyridine rings is 1. The van der Waals surface area contributed by atoms with Crippen molar-refractivity contribution >= 4 is 35.1 Å². The van der Waals surface area contributed by atoms with E-state index in [2.05, 4.69) is 28.6 Å². The van der Waals surface area contributed by atoms with Crippen molar-refractivity contribution in [2.45, 2.75) is 25.8 Å². The number of aryl methyl sites for hydroxylation is 1. The van der Waals surface area contributed by atoms with Gasteiger partial charge in [-0.2, -0.15) is 0 Å². The van der Waals surface area contributed by atoms with Gasteiger partial charge >= 0.3 is 6.03 Å². The zero-order valence-electron chi connectivity index (χ0n) is 14.7. The van der Waals surface area contributed by atoms with Crippen LogP contribution in [-0.2, 0) is 19.4 Å². The van der Waals surface area contributed by atoms with E-state index in [1.54, 1.807) is 12.1 Å². The number of amides is 2. The maximum Gasteiger partial charge on any atom is 0.315 e. The third-order valence-corrected chi connectivity index (χ3v) is 5.16. The minimum atomic E-state index is -0.217. The summed E-state index contributed by atoms with van der Waals surface area (Å²) in [7, 11) is 2.07. The lowest BCUT2D eigenvalue weighted by Gasteiger charge is -2.26. The zero-order valence-corrected chi connectivity index (χ0v) is 16.2. The molecule has 1 aromatic heterocycles. The normalized spacial score (nSPS) is 13.3. The Hall–Kier alpha value is -1.98. The summed E-state index contributed by atoms with van der Waals surface area (Å²) in [6.45, 7) is 1.96. The molecule has 0 atom stereocenters. The molecule has 2 amide bonds. The summed E-state index contributed by atoms with van der Waals surface area (Å²) in [5, 5.41) is 6.65. The summed E-state index contributed by atoms with van der Waals surface area (Å²) in [6, 6.07) is 9.29. The molecule has 138 valence electrons. The molecule has 1 aromatic carbocycles. The van der Waals surface area contributed by atoms with Crippen LogP contribution >= 0.6 is 23.2 Å². The van der Waals surface area contributed by atoms with E-state index in [1.807, 2.05) is 12.1 Å². The number of aromatic nitrogens is 1. The molecule has 0 spiro atoms. The maximum atomic E-state index is 11.9. The van der Waals surface area contributed by atoms with Crippen molar-refractivity contribution in [1.82, 2.24) is 15.6 Å². The number of hydrogen-bond donors (Lipinski definition) is 2. The lowest BCUT2D eigenvalue weighted by Crippen LogP contribution is -2.36. The molecule has 1 aliphatic heterocycles. The first kappa shape index (κ1) is 18.8. The molecule has 0 saturated carbocycles. The highest BCUT2D eigenvalue weighted by atomic mass is 35.5. The molecule has 26 heavy (non-hydrogen) atoms. The van der Waals surface area contributed by atoms with Crippen LogP contribution in [0.2, 0.25) is 10.0 Å². The number of hydrogen-bond acceptors (Lipinski definition) is 3. The molecule has 0 aliphatic carbocycles. The summed E-state index contributed by atoms with van der Waals surface area (Å²) in [5.74, 6) is 1.07. The standard InChI is InChI=1S/C19H22Cl2N4O/c1-25-10-2-3-14-5-6-15(24-18(14)25)8-9-22-19(26)23-12-13-4-7-16(20)17(21)11-13/h4-7,11H,2-3,8-10,12H2,1H3,(H2,22,23,26). The van der Waals surface area contributed by atoms with Gasteiger partial charge in [0.15, 0.2) is 0 Å². The largest absolute Gasteiger partial charge is 0.359 e. The Kier molecular flexibility index (Phi) is 6.22. The number of halogens is 2. The van der Waals surface area contributed by atoms with Crippen molar-refractivity contribution in [1.29, 1.82) is 0 Å². The van der Waals surface area contributed by atoms with Crippen molar-refractivity contribution < 1.29 is 4.79 Å². The average molecular weight is 393 g/mol. The molecule has 2 heterocycles. The van der Waals surface area contributed by atoms with Crippen LogP contribution in [0.25, 0.3) is 0 Å². The minimum Gasteiger partial charge on any atom is -0.359 e. The van der Waals surface area contributed by atoms with Gasteiger partial charge in [0.1, 0.15) is 5.82 Å². The van der Waals surface area contributed by atoms with Gasteiger partial charge in [-0.3, -0.25) is 0 Å². The van der Waals surface area contributed by atoms with Gasteiger partial charge in [-0.05, 0) is 42.2 Å². The van der Waals surface area contributed by atoms with Gasteiger partial charge in [0, 0.05) is 38.8 Å². The Morgan fingerprint density at radius 3 is 2.85 bits per heavy atom. The third-order valence-electron chi connectivity index (χ3n) is 4.42. The van der Waals surface area contributed by atoms with Crippen LogP contribution in [0.1, 0.15) is 23.2 Å². The number of nitrogens with zero attached hydrogens (tertiary/aromatic N) is 2. The Balaban J connectivity index is 1.45. The van der Waals surface area contributed by atoms with Crippen LogP contribution in [0.5, 0.6) is 0 Å². The number of nitrogens with one attached hydrogen (secondary N) is 2. The van der Waals surface area contributed by atoms with Gasteiger partial charge in [-0.25, -0.2) is 9.78 Å². The number of carbonyl (C=O) groups excluding carboxylic acids is 1. The Morgan fingerprint density at radius 1 is 1.19 bits per heavy atom. The zero-order chi connectivity index (χ0) is 18.5. The van der Waals surface area contributed by atoms with Crippen molar-refractivity contribution in [2.75, 3.05) is 25.0 Å². The molecular formula is C19H22Cl2N4O. The highest BCUT2D eigenvalue weighted by Crippen LogP contribution is 2.24. The fraction of sp³-hybridized carbons (Fsp3) is 0.368. The minimum absolute atomic E-state index is 0.217. The lowest BCUT2D eigenvalue weighted by molar-refractivity contribution is 0.240. The fourth-order valence-electron chi connectivity index (χ4n) is 2.99. The van der Waals surface area contributed by atoms with Gasteiger partial charge in [0.25, 0.3) is 0 Å². The second-order valence-electron chi connectivity index (χ2n) is 6.42. The first-order valence-electron chi connectivity index (χ1n) is 8.68. The molecule has 0 saturated heterocycles. The predicted octanol–water partition coefficient (Wildman–Crippen LogP) is 3.81. The summed E-state index contributed by atoms with van der Waals surface area (Å²) in [5.41, 5.74) is 3.19. The number of urea groups is 1. The molecule has 2 aromatic rings. The SMILES string of the molecule is CN1CCCc2ccc(CCNC(=O)NCc3ccc(Cl)c(Cl)c3)nc21. The summed E-state index contributed by atoms with van der Waals surface area (Å²) in [4.78, 5) is 18.9. The van der Waals surface area contributed by atoms with Crippen molar-refractivity contribution in [3.05, 3.63) is 57.2 Å². The number of carbonyl (C=O) groups is 1. The molecule has 0 fully saturated rings. The lowest BCUT2D eigenvalue weighted by atomic mass is 10.1. The first-order valence-corrected chi connectivity index (χ1v) is 9.44. The van der Waals surface area contributed by atoms with E-state index in [1.165, 1.54) is 12.0 Å².